The van der Waals surface area contributed by atoms with Crippen molar-refractivity contribution >= 4 is 40.0 Å². The summed E-state index contributed by atoms with van der Waals surface area (Å²) in [5.41, 5.74) is 0. The Kier molecular flexibility index (Phi) is 1.49. The maximum absolute atomic E-state index is 4.05. The Morgan fingerprint density at radius 1 is 1.86 bits per heavy atom. The summed E-state index contributed by atoms with van der Waals surface area (Å²) in [6.45, 7) is 0. The van der Waals surface area contributed by atoms with Gasteiger partial charge in [-0.1, -0.05) is 0 Å². The van der Waals surface area contributed by atoms with Gasteiger partial charge in [0.2, 0.25) is 0 Å². The van der Waals surface area contributed by atoms with Gasteiger partial charge in [-0.15, -0.1) is 11.3 Å². The fourth-order valence-electron chi connectivity index (χ4n) is 0.337. The third-order valence-electron chi connectivity index (χ3n) is 0.591. The first-order valence-corrected chi connectivity index (χ1v) is 3.54. The minimum absolute atomic E-state index is 0.940. The van der Waals surface area contributed by atoms with Crippen LogP contribution in [0.5, 0.6) is 0 Å². The predicted molar refractivity (Wildman–Crippen MR) is 38.0 cm³/mol. The molecule has 0 aliphatic heterocycles. The Hall–Kier alpha value is 0.175. The van der Waals surface area contributed by atoms with E-state index in [4.69, 9.17) is 0 Å². The smallest absolute Gasteiger partial charge is 0.177 e. The van der Waals surface area contributed by atoms with E-state index in [0.29, 0.717) is 0 Å². The van der Waals surface area contributed by atoms with Gasteiger partial charge in [0.05, 0.1) is 0 Å². The summed E-state index contributed by atoms with van der Waals surface area (Å²) >= 11 is 4.88. The molecule has 7 heavy (non-hydrogen) atoms. The average molecular weight is 176 g/mol. The summed E-state index contributed by atoms with van der Waals surface area (Å²) in [4.78, 5) is 5.15. The van der Waals surface area contributed by atoms with E-state index in [0.717, 1.165) is 9.51 Å². The highest BCUT2D eigenvalue weighted by Gasteiger charge is 1.87. The topological polar surface area (TPSA) is 12.9 Å². The summed E-state index contributed by atoms with van der Waals surface area (Å²) < 4.78 is 0.940. The van der Waals surface area contributed by atoms with Crippen LogP contribution in [0, 0.1) is 0 Å². The zero-order valence-electron chi connectivity index (χ0n) is 3.81. The first-order chi connectivity index (χ1) is 3.29. The normalized spacial score (nSPS) is 9.29. The quantitative estimate of drug-likeness (QED) is 0.513. The van der Waals surface area contributed by atoms with Gasteiger partial charge in [0.15, 0.2) is 7.85 Å². The zero-order chi connectivity index (χ0) is 5.28. The van der Waals surface area contributed by atoms with Gasteiger partial charge in [-0.05, 0) is 15.9 Å². The fourth-order valence-corrected chi connectivity index (χ4v) is 1.47. The van der Waals surface area contributed by atoms with E-state index in [-0.39, 0.29) is 0 Å². The maximum atomic E-state index is 4.05. The lowest BCUT2D eigenvalue weighted by molar-refractivity contribution is 1.41. The van der Waals surface area contributed by atoms with Crippen molar-refractivity contribution in [3.63, 3.8) is 0 Å². The van der Waals surface area contributed by atoms with Crippen LogP contribution < -0.4 is 4.91 Å². The Morgan fingerprint density at radius 3 is 2.71 bits per heavy atom. The van der Waals surface area contributed by atoms with Crippen molar-refractivity contribution in [2.75, 3.05) is 0 Å². The first kappa shape index (κ1) is 5.31. The summed E-state index contributed by atoms with van der Waals surface area (Å²) in [5.74, 6) is 0. The van der Waals surface area contributed by atoms with E-state index < -0.39 is 0 Å². The van der Waals surface area contributed by atoms with Crippen molar-refractivity contribution in [3.8, 4) is 0 Å². The molecule has 36 valence electrons. The van der Waals surface area contributed by atoms with Gasteiger partial charge >= 0.3 is 0 Å². The molecule has 0 aliphatic rings. The van der Waals surface area contributed by atoms with Gasteiger partial charge in [-0.3, -0.25) is 0 Å². The van der Waals surface area contributed by atoms with Crippen molar-refractivity contribution in [1.29, 1.82) is 0 Å². The number of hydrogen-bond acceptors (Lipinski definition) is 2. The second-order valence-corrected chi connectivity index (χ2v) is 3.06. The molecule has 0 radical (unpaired) electrons. The molecule has 4 heteroatoms. The molecule has 0 fully saturated rings. The third-order valence-corrected chi connectivity index (χ3v) is 2.07. The molecule has 0 spiro atoms. The molecule has 0 saturated carbocycles. The largest absolute Gasteiger partial charge is 0.246 e. The molecule has 0 unspecified atom stereocenters. The molecule has 0 bridgehead atoms. The second-order valence-electron chi connectivity index (χ2n) is 1.19. The molecule has 1 aromatic heterocycles. The van der Waals surface area contributed by atoms with Crippen LogP contribution in [0.15, 0.2) is 9.98 Å². The molecule has 1 rings (SSSR count). The van der Waals surface area contributed by atoms with E-state index in [2.05, 4.69) is 20.9 Å². The fraction of sp³-hybridized carbons (Fsp3) is 0. The summed E-state index contributed by atoms with van der Waals surface area (Å²) in [7, 11) is 1.98. The van der Waals surface area contributed by atoms with Crippen LogP contribution in [0.25, 0.3) is 0 Å². The van der Waals surface area contributed by atoms with Crippen LogP contribution >= 0.6 is 27.3 Å². The highest BCUT2D eigenvalue weighted by molar-refractivity contribution is 9.10. The summed E-state index contributed by atoms with van der Waals surface area (Å²) in [6, 6.07) is 0. The molecule has 0 N–H and O–H groups in total. The Labute approximate surface area is 55.3 Å². The number of thiazole rings is 1. The van der Waals surface area contributed by atoms with Gasteiger partial charge in [0.1, 0.15) is 4.60 Å². The highest BCUT2D eigenvalue weighted by atomic mass is 79.9. The Balaban J connectivity index is 3.04. The number of halogens is 1. The van der Waals surface area contributed by atoms with Gasteiger partial charge in [-0.25, -0.2) is 4.98 Å². The standard InChI is InChI=1S/C3H3BBrNS/c4-3-6-2(5)1-7-3/h1H,4H2. The first-order valence-electron chi connectivity index (χ1n) is 1.86. The zero-order valence-corrected chi connectivity index (χ0v) is 6.21. The molecule has 0 aromatic carbocycles. The molecule has 0 amide bonds. The lowest BCUT2D eigenvalue weighted by Crippen LogP contribution is -1.96. The molecule has 1 heterocycles. The predicted octanol–water partition coefficient (Wildman–Crippen LogP) is 0.164. The van der Waals surface area contributed by atoms with E-state index in [1.807, 2.05) is 13.2 Å². The minimum Gasteiger partial charge on any atom is -0.246 e. The van der Waals surface area contributed by atoms with Crippen LogP contribution in [-0.4, -0.2) is 12.8 Å². The van der Waals surface area contributed by atoms with E-state index in [1.54, 1.807) is 11.3 Å². The van der Waals surface area contributed by atoms with Crippen LogP contribution in [0.4, 0.5) is 0 Å². The van der Waals surface area contributed by atoms with Crippen molar-refractivity contribution in [3.05, 3.63) is 9.98 Å². The number of rotatable bonds is 0. The van der Waals surface area contributed by atoms with Crippen molar-refractivity contribution in [2.24, 2.45) is 0 Å². The molecule has 0 saturated heterocycles. The van der Waals surface area contributed by atoms with E-state index >= 15 is 0 Å². The molecular weight excluding hydrogens is 173 g/mol. The van der Waals surface area contributed by atoms with E-state index in [9.17, 15) is 0 Å². The van der Waals surface area contributed by atoms with Crippen molar-refractivity contribution in [2.45, 2.75) is 0 Å². The van der Waals surface area contributed by atoms with Crippen LogP contribution in [0.3, 0.4) is 0 Å². The van der Waals surface area contributed by atoms with Gasteiger partial charge in [0, 0.05) is 10.3 Å². The van der Waals surface area contributed by atoms with Gasteiger partial charge in [0.25, 0.3) is 0 Å². The average Bonchev–Trinajstić information content (AvgIpc) is 1.87. The van der Waals surface area contributed by atoms with Crippen molar-refractivity contribution < 1.29 is 0 Å². The van der Waals surface area contributed by atoms with E-state index in [1.165, 1.54) is 0 Å². The monoisotopic (exact) mass is 175 g/mol. The summed E-state index contributed by atoms with van der Waals surface area (Å²) in [5, 5.41) is 1.97. The SMILES string of the molecule is Bc1nc(Br)cs1. The van der Waals surface area contributed by atoms with Crippen LogP contribution in [0.1, 0.15) is 0 Å². The van der Waals surface area contributed by atoms with Crippen LogP contribution in [0.2, 0.25) is 0 Å². The second kappa shape index (κ2) is 1.96. The molecular formula is C3H3BBrNS. The van der Waals surface area contributed by atoms with Gasteiger partial charge in [-0.2, -0.15) is 0 Å². The number of nitrogens with zero attached hydrogens (tertiary/aromatic N) is 1. The summed E-state index contributed by atoms with van der Waals surface area (Å²) in [6.07, 6.45) is 0. The molecule has 1 aromatic rings. The lowest BCUT2D eigenvalue weighted by Gasteiger charge is -1.69. The molecule has 0 aliphatic carbocycles. The maximum Gasteiger partial charge on any atom is 0.177 e. The molecule has 0 atom stereocenters. The minimum atomic E-state index is 0.940. The van der Waals surface area contributed by atoms with Gasteiger partial charge < -0.3 is 0 Å². The lowest BCUT2D eigenvalue weighted by atomic mass is 10.2. The molecule has 1 nitrogen and oxygen atoms in total. The van der Waals surface area contributed by atoms with Crippen molar-refractivity contribution in [1.82, 2.24) is 4.98 Å². The number of aromatic nitrogens is 1. The highest BCUT2D eigenvalue weighted by Crippen LogP contribution is 2.04. The number of hydrogen-bond donors (Lipinski definition) is 0. The third kappa shape index (κ3) is 1.28. The Morgan fingerprint density at radius 2 is 2.57 bits per heavy atom. The van der Waals surface area contributed by atoms with Crippen LogP contribution in [-0.2, 0) is 0 Å². The Bertz CT molecular complexity index is 147.